The van der Waals surface area contributed by atoms with Crippen LogP contribution in [-0.2, 0) is 11.3 Å². The molecule has 0 radical (unpaired) electrons. The van der Waals surface area contributed by atoms with Gasteiger partial charge >= 0.3 is 0 Å². The number of alkyl halides is 1. The van der Waals surface area contributed by atoms with E-state index >= 15 is 0 Å². The van der Waals surface area contributed by atoms with Gasteiger partial charge < -0.3 is 4.74 Å². The molecule has 0 saturated carbocycles. The molecule has 4 nitrogen and oxygen atoms in total. The molecule has 0 spiro atoms. The van der Waals surface area contributed by atoms with E-state index in [0.29, 0.717) is 24.6 Å². The standard InChI is InChI=1S/C15H26ClN3O/c1-3-13(2)19-10-4-14(17-19)12-18-8-5-15(6-9-18)20-11-7-16/h4,10,13,15H,3,5-9,11-12H2,1-2H3. The smallest absolute Gasteiger partial charge is 0.0764 e. The summed E-state index contributed by atoms with van der Waals surface area (Å²) in [4.78, 5) is 2.46. The zero-order valence-electron chi connectivity index (χ0n) is 12.6. The Morgan fingerprint density at radius 3 is 2.85 bits per heavy atom. The molecule has 1 fully saturated rings. The molecule has 1 aromatic heterocycles. The van der Waals surface area contributed by atoms with Crippen LogP contribution in [0.4, 0.5) is 0 Å². The van der Waals surface area contributed by atoms with Crippen LogP contribution in [0, 0.1) is 0 Å². The molecule has 2 rings (SSSR count). The van der Waals surface area contributed by atoms with Gasteiger partial charge in [-0.15, -0.1) is 11.6 Å². The second-order valence-corrected chi connectivity index (χ2v) is 5.96. The summed E-state index contributed by atoms with van der Waals surface area (Å²) in [6, 6.07) is 2.63. The van der Waals surface area contributed by atoms with Crippen LogP contribution in [0.3, 0.4) is 0 Å². The molecule has 1 aromatic rings. The molecule has 1 atom stereocenters. The summed E-state index contributed by atoms with van der Waals surface area (Å²) in [6.07, 6.45) is 5.80. The third kappa shape index (κ3) is 4.47. The van der Waals surface area contributed by atoms with Crippen LogP contribution in [0.5, 0.6) is 0 Å². The highest BCUT2D eigenvalue weighted by molar-refractivity contribution is 6.17. The minimum atomic E-state index is 0.391. The summed E-state index contributed by atoms with van der Waals surface area (Å²) in [5.41, 5.74) is 1.17. The molecule has 20 heavy (non-hydrogen) atoms. The molecule has 114 valence electrons. The molecule has 1 saturated heterocycles. The van der Waals surface area contributed by atoms with E-state index < -0.39 is 0 Å². The summed E-state index contributed by atoms with van der Waals surface area (Å²) in [5, 5.41) is 4.67. The lowest BCUT2D eigenvalue weighted by Gasteiger charge is -2.31. The third-order valence-corrected chi connectivity index (χ3v) is 4.21. The molecular weight excluding hydrogens is 274 g/mol. The lowest BCUT2D eigenvalue weighted by atomic mass is 10.1. The molecule has 1 unspecified atom stereocenters. The van der Waals surface area contributed by atoms with Crippen molar-refractivity contribution in [2.45, 2.75) is 51.8 Å². The van der Waals surface area contributed by atoms with E-state index in [4.69, 9.17) is 16.3 Å². The zero-order chi connectivity index (χ0) is 14.4. The van der Waals surface area contributed by atoms with Crippen LogP contribution in [0.2, 0.25) is 0 Å². The van der Waals surface area contributed by atoms with E-state index in [1.807, 2.05) is 0 Å². The summed E-state index contributed by atoms with van der Waals surface area (Å²) in [5.74, 6) is 0.591. The number of rotatable bonds is 7. The van der Waals surface area contributed by atoms with Gasteiger partial charge in [0.2, 0.25) is 0 Å². The number of piperidine rings is 1. The predicted molar refractivity (Wildman–Crippen MR) is 82.2 cm³/mol. The molecule has 1 aliphatic heterocycles. The van der Waals surface area contributed by atoms with E-state index in [1.54, 1.807) is 0 Å². The molecule has 2 heterocycles. The Labute approximate surface area is 127 Å². The van der Waals surface area contributed by atoms with Gasteiger partial charge in [-0.05, 0) is 32.3 Å². The maximum atomic E-state index is 5.70. The van der Waals surface area contributed by atoms with E-state index in [1.165, 1.54) is 5.69 Å². The second kappa shape index (κ2) is 8.01. The fraction of sp³-hybridized carbons (Fsp3) is 0.800. The minimum Gasteiger partial charge on any atom is -0.377 e. The van der Waals surface area contributed by atoms with Crippen LogP contribution < -0.4 is 0 Å². The number of likely N-dealkylation sites (tertiary alicyclic amines) is 1. The van der Waals surface area contributed by atoms with E-state index in [-0.39, 0.29) is 0 Å². The maximum absolute atomic E-state index is 5.70. The van der Waals surface area contributed by atoms with Gasteiger partial charge in [0, 0.05) is 37.8 Å². The molecule has 0 bridgehead atoms. The van der Waals surface area contributed by atoms with Gasteiger partial charge in [0.15, 0.2) is 0 Å². The van der Waals surface area contributed by atoms with Crippen molar-refractivity contribution in [2.24, 2.45) is 0 Å². The fourth-order valence-corrected chi connectivity index (χ4v) is 2.66. The van der Waals surface area contributed by atoms with Crippen molar-refractivity contribution in [3.63, 3.8) is 0 Å². The maximum Gasteiger partial charge on any atom is 0.0764 e. The lowest BCUT2D eigenvalue weighted by Crippen LogP contribution is -2.36. The van der Waals surface area contributed by atoms with E-state index in [9.17, 15) is 0 Å². The van der Waals surface area contributed by atoms with E-state index in [0.717, 1.165) is 38.9 Å². The predicted octanol–water partition coefficient (Wildman–Crippen LogP) is 3.07. The molecule has 1 aliphatic rings. The van der Waals surface area contributed by atoms with E-state index in [2.05, 4.69) is 40.8 Å². The average Bonchev–Trinajstić information content (AvgIpc) is 2.94. The summed E-state index contributed by atoms with van der Waals surface area (Å²) in [7, 11) is 0. The highest BCUT2D eigenvalue weighted by Gasteiger charge is 2.20. The van der Waals surface area contributed by atoms with Crippen molar-refractivity contribution in [3.05, 3.63) is 18.0 Å². The quantitative estimate of drug-likeness (QED) is 0.725. The van der Waals surface area contributed by atoms with Crippen molar-refractivity contribution < 1.29 is 4.74 Å². The topological polar surface area (TPSA) is 30.3 Å². The first-order chi connectivity index (χ1) is 9.72. The van der Waals surface area contributed by atoms with Gasteiger partial charge in [-0.25, -0.2) is 0 Å². The van der Waals surface area contributed by atoms with Crippen molar-refractivity contribution in [2.75, 3.05) is 25.6 Å². The Balaban J connectivity index is 1.76. The second-order valence-electron chi connectivity index (χ2n) is 5.58. The SMILES string of the molecule is CCC(C)n1ccc(CN2CCC(OCCCl)CC2)n1. The van der Waals surface area contributed by atoms with Crippen molar-refractivity contribution in [1.29, 1.82) is 0 Å². The first-order valence-electron chi connectivity index (χ1n) is 7.67. The fourth-order valence-electron chi connectivity index (χ4n) is 2.57. The number of hydrogen-bond acceptors (Lipinski definition) is 3. The van der Waals surface area contributed by atoms with Crippen molar-refractivity contribution in [3.8, 4) is 0 Å². The average molecular weight is 300 g/mol. The highest BCUT2D eigenvalue weighted by Crippen LogP contribution is 2.16. The number of aromatic nitrogens is 2. The van der Waals surface area contributed by atoms with Gasteiger partial charge in [-0.2, -0.15) is 5.10 Å². The number of nitrogens with zero attached hydrogens (tertiary/aromatic N) is 3. The van der Waals surface area contributed by atoms with Crippen LogP contribution in [0.1, 0.15) is 44.8 Å². The molecule has 5 heteroatoms. The van der Waals surface area contributed by atoms with Gasteiger partial charge in [-0.3, -0.25) is 9.58 Å². The normalized spacial score (nSPS) is 19.4. The summed E-state index contributed by atoms with van der Waals surface area (Å²) in [6.45, 7) is 8.19. The van der Waals surface area contributed by atoms with Crippen molar-refractivity contribution >= 4 is 11.6 Å². The third-order valence-electron chi connectivity index (χ3n) is 4.06. The van der Waals surface area contributed by atoms with Crippen LogP contribution >= 0.6 is 11.6 Å². The monoisotopic (exact) mass is 299 g/mol. The van der Waals surface area contributed by atoms with Crippen LogP contribution in [0.15, 0.2) is 12.3 Å². The van der Waals surface area contributed by atoms with Crippen LogP contribution in [-0.4, -0.2) is 46.4 Å². The number of halogens is 1. The molecule has 0 aliphatic carbocycles. The molecule has 0 amide bonds. The van der Waals surface area contributed by atoms with Gasteiger partial charge in [-0.1, -0.05) is 6.92 Å². The molecular formula is C15H26ClN3O. The largest absolute Gasteiger partial charge is 0.377 e. The zero-order valence-corrected chi connectivity index (χ0v) is 13.4. The lowest BCUT2D eigenvalue weighted by molar-refractivity contribution is 0.0132. The summed E-state index contributed by atoms with van der Waals surface area (Å²) >= 11 is 5.65. The Morgan fingerprint density at radius 2 is 2.20 bits per heavy atom. The van der Waals surface area contributed by atoms with Gasteiger partial charge in [0.05, 0.1) is 18.4 Å². The highest BCUT2D eigenvalue weighted by atomic mass is 35.5. The minimum absolute atomic E-state index is 0.391. The number of ether oxygens (including phenoxy) is 1. The van der Waals surface area contributed by atoms with Crippen LogP contribution in [0.25, 0.3) is 0 Å². The van der Waals surface area contributed by atoms with Gasteiger partial charge in [0.25, 0.3) is 0 Å². The Kier molecular flexibility index (Phi) is 6.33. The van der Waals surface area contributed by atoms with Gasteiger partial charge in [0.1, 0.15) is 0 Å². The summed E-state index contributed by atoms with van der Waals surface area (Å²) < 4.78 is 7.78. The first kappa shape index (κ1) is 15.8. The first-order valence-corrected chi connectivity index (χ1v) is 8.20. The Morgan fingerprint density at radius 1 is 1.45 bits per heavy atom. The molecule has 0 N–H and O–H groups in total. The Hall–Kier alpha value is -0.580. The number of hydrogen-bond donors (Lipinski definition) is 0. The Bertz CT molecular complexity index is 388. The molecule has 0 aromatic carbocycles. The van der Waals surface area contributed by atoms with Crippen molar-refractivity contribution in [1.82, 2.24) is 14.7 Å².